The first-order chi connectivity index (χ1) is 13.7. The van der Waals surface area contributed by atoms with Crippen molar-refractivity contribution in [2.24, 2.45) is 0 Å². The molecule has 1 fully saturated rings. The number of aromatic nitrogens is 1. The molecule has 3 rings (SSSR count). The molecule has 2 heterocycles. The highest BCUT2D eigenvalue weighted by molar-refractivity contribution is 6.88. The number of piperazine rings is 1. The quantitative estimate of drug-likeness (QED) is 0.725. The molecule has 2 amide bonds. The minimum Gasteiger partial charge on any atom is -0.392 e. The molecule has 0 bridgehead atoms. The molecule has 1 saturated heterocycles. The molecule has 6 nitrogen and oxygen atoms in total. The molecule has 0 spiro atoms. The summed E-state index contributed by atoms with van der Waals surface area (Å²) >= 11 is 6.33. The fourth-order valence-electron chi connectivity index (χ4n) is 3.49. The lowest BCUT2D eigenvalue weighted by molar-refractivity contribution is 0.184. The van der Waals surface area contributed by atoms with Crippen LogP contribution in [-0.4, -0.2) is 54.8 Å². The number of hydrogen-bond acceptors (Lipinski definition) is 4. The van der Waals surface area contributed by atoms with Crippen LogP contribution >= 0.6 is 11.6 Å². The number of carbonyl (C=O) groups is 1. The minimum absolute atomic E-state index is 0.0143. The Morgan fingerprint density at radius 1 is 1.28 bits per heavy atom. The van der Waals surface area contributed by atoms with Crippen LogP contribution in [0.4, 0.5) is 16.3 Å². The van der Waals surface area contributed by atoms with Crippen LogP contribution in [0, 0.1) is 0 Å². The average Bonchev–Trinajstić information content (AvgIpc) is 2.67. The van der Waals surface area contributed by atoms with Gasteiger partial charge in [0, 0.05) is 37.6 Å². The topological polar surface area (TPSA) is 68.7 Å². The van der Waals surface area contributed by atoms with E-state index in [4.69, 9.17) is 11.6 Å². The van der Waals surface area contributed by atoms with Gasteiger partial charge < -0.3 is 20.2 Å². The summed E-state index contributed by atoms with van der Waals surface area (Å²) in [6, 6.07) is 9.86. The number of pyridine rings is 1. The summed E-state index contributed by atoms with van der Waals surface area (Å²) in [5, 5.41) is 14.1. The van der Waals surface area contributed by atoms with E-state index in [1.807, 2.05) is 24.0 Å². The zero-order valence-corrected chi connectivity index (χ0v) is 19.2. The third kappa shape index (κ3) is 5.10. The Labute approximate surface area is 178 Å². The molecule has 0 saturated carbocycles. The van der Waals surface area contributed by atoms with Crippen molar-refractivity contribution in [2.45, 2.75) is 39.2 Å². The summed E-state index contributed by atoms with van der Waals surface area (Å²) in [6.45, 7) is 10.7. The first kappa shape index (κ1) is 21.6. The molecular weight excluding hydrogens is 404 g/mol. The highest BCUT2D eigenvalue weighted by Crippen LogP contribution is 2.26. The van der Waals surface area contributed by atoms with Crippen molar-refractivity contribution in [3.05, 3.63) is 47.1 Å². The summed E-state index contributed by atoms with van der Waals surface area (Å²) in [4.78, 5) is 21.1. The van der Waals surface area contributed by atoms with Crippen molar-refractivity contribution in [3.63, 3.8) is 0 Å². The van der Waals surface area contributed by atoms with Gasteiger partial charge >= 0.3 is 6.03 Å². The molecule has 1 aliphatic rings. The van der Waals surface area contributed by atoms with E-state index in [2.05, 4.69) is 47.0 Å². The standard InChI is InChI=1S/C21H29ClN4O2Si/c1-15-13-25(20-19(22)11-16(14-27)12-23-20)9-10-26(15)21(28)24-17-5-7-18(8-6-17)29(2,3)4/h5-8,11-12,15,27H,9-10,13-14H2,1-4H3,(H,24,28)/t15-/m1/s1. The van der Waals surface area contributed by atoms with E-state index in [-0.39, 0.29) is 18.7 Å². The normalized spacial score (nSPS) is 17.4. The van der Waals surface area contributed by atoms with Crippen LogP contribution in [0.2, 0.25) is 24.7 Å². The molecule has 8 heteroatoms. The summed E-state index contributed by atoms with van der Waals surface area (Å²) in [5.41, 5.74) is 1.50. The molecular formula is C21H29ClN4O2Si. The zero-order valence-electron chi connectivity index (χ0n) is 17.4. The molecule has 29 heavy (non-hydrogen) atoms. The molecule has 2 N–H and O–H groups in total. The van der Waals surface area contributed by atoms with Crippen LogP contribution in [0.1, 0.15) is 12.5 Å². The van der Waals surface area contributed by atoms with Crippen LogP contribution in [0.5, 0.6) is 0 Å². The number of hydrogen-bond donors (Lipinski definition) is 2. The first-order valence-electron chi connectivity index (χ1n) is 9.87. The van der Waals surface area contributed by atoms with Gasteiger partial charge in [0.25, 0.3) is 0 Å². The summed E-state index contributed by atoms with van der Waals surface area (Å²) in [5.74, 6) is 0.692. The molecule has 0 unspecified atom stereocenters. The third-order valence-corrected chi connectivity index (χ3v) is 7.59. The second kappa shape index (κ2) is 8.73. The van der Waals surface area contributed by atoms with Crippen LogP contribution in [0.3, 0.4) is 0 Å². The molecule has 2 aromatic rings. The van der Waals surface area contributed by atoms with Gasteiger partial charge in [-0.1, -0.05) is 48.6 Å². The van der Waals surface area contributed by atoms with E-state index in [9.17, 15) is 9.90 Å². The van der Waals surface area contributed by atoms with Crippen LogP contribution in [0.25, 0.3) is 0 Å². The van der Waals surface area contributed by atoms with Gasteiger partial charge in [0.15, 0.2) is 0 Å². The number of rotatable bonds is 4. The van der Waals surface area contributed by atoms with Crippen molar-refractivity contribution in [1.29, 1.82) is 0 Å². The van der Waals surface area contributed by atoms with E-state index in [1.165, 1.54) is 5.19 Å². The van der Waals surface area contributed by atoms with Crippen LogP contribution in [0.15, 0.2) is 36.5 Å². The Balaban J connectivity index is 1.63. The highest BCUT2D eigenvalue weighted by atomic mass is 35.5. The molecule has 1 aliphatic heterocycles. The van der Waals surface area contributed by atoms with Crippen molar-refractivity contribution in [3.8, 4) is 0 Å². The zero-order chi connectivity index (χ0) is 21.2. The van der Waals surface area contributed by atoms with Crippen LogP contribution in [-0.2, 0) is 6.61 Å². The maximum atomic E-state index is 12.8. The molecule has 0 radical (unpaired) electrons. The predicted octanol–water partition coefficient (Wildman–Crippen LogP) is 3.52. The predicted molar refractivity (Wildman–Crippen MR) is 122 cm³/mol. The lowest BCUT2D eigenvalue weighted by Crippen LogP contribution is -2.55. The van der Waals surface area contributed by atoms with E-state index in [1.54, 1.807) is 12.3 Å². The van der Waals surface area contributed by atoms with Crippen molar-refractivity contribution < 1.29 is 9.90 Å². The number of nitrogens with zero attached hydrogens (tertiary/aromatic N) is 3. The van der Waals surface area contributed by atoms with E-state index >= 15 is 0 Å². The van der Waals surface area contributed by atoms with Gasteiger partial charge in [0.2, 0.25) is 0 Å². The lowest BCUT2D eigenvalue weighted by Gasteiger charge is -2.40. The number of urea groups is 1. The Kier molecular flexibility index (Phi) is 6.51. The Hall–Kier alpha value is -2.09. The largest absolute Gasteiger partial charge is 0.392 e. The number of aliphatic hydroxyl groups excluding tert-OH is 1. The number of amides is 2. The second-order valence-corrected chi connectivity index (χ2v) is 14.0. The first-order valence-corrected chi connectivity index (χ1v) is 13.7. The molecule has 1 atom stereocenters. The second-order valence-electron chi connectivity index (χ2n) is 8.55. The summed E-state index contributed by atoms with van der Waals surface area (Å²) < 4.78 is 0. The number of halogens is 1. The maximum Gasteiger partial charge on any atom is 0.322 e. The van der Waals surface area contributed by atoms with Gasteiger partial charge in [-0.05, 0) is 30.7 Å². The number of benzene rings is 1. The Morgan fingerprint density at radius 2 is 1.97 bits per heavy atom. The Bertz CT molecular complexity index is 870. The monoisotopic (exact) mass is 432 g/mol. The molecule has 1 aromatic heterocycles. The van der Waals surface area contributed by atoms with Crippen LogP contribution < -0.4 is 15.4 Å². The highest BCUT2D eigenvalue weighted by Gasteiger charge is 2.29. The number of carbonyl (C=O) groups excluding carboxylic acids is 1. The SMILES string of the molecule is C[C@@H]1CN(c2ncc(CO)cc2Cl)CCN1C(=O)Nc1ccc([Si](C)(C)C)cc1. The average molecular weight is 433 g/mol. The van der Waals surface area contributed by atoms with Crippen molar-refractivity contribution in [1.82, 2.24) is 9.88 Å². The fourth-order valence-corrected chi connectivity index (χ4v) is 4.97. The third-order valence-electron chi connectivity index (χ3n) is 5.25. The lowest BCUT2D eigenvalue weighted by atomic mass is 10.2. The molecule has 0 aliphatic carbocycles. The number of nitrogens with one attached hydrogen (secondary N) is 1. The minimum atomic E-state index is -1.35. The van der Waals surface area contributed by atoms with E-state index in [0.717, 1.165) is 5.69 Å². The number of aliphatic hydroxyl groups is 1. The smallest absolute Gasteiger partial charge is 0.322 e. The van der Waals surface area contributed by atoms with Gasteiger partial charge in [-0.2, -0.15) is 0 Å². The summed E-state index contributed by atoms with van der Waals surface area (Å²) in [7, 11) is -1.35. The van der Waals surface area contributed by atoms with Gasteiger partial charge in [-0.3, -0.25) is 0 Å². The van der Waals surface area contributed by atoms with Gasteiger partial charge in [-0.25, -0.2) is 9.78 Å². The molecule has 156 valence electrons. The van der Waals surface area contributed by atoms with E-state index < -0.39 is 8.07 Å². The maximum absolute atomic E-state index is 12.8. The fraction of sp³-hybridized carbons (Fsp3) is 0.429. The van der Waals surface area contributed by atoms with Gasteiger partial charge in [0.05, 0.1) is 19.7 Å². The van der Waals surface area contributed by atoms with Gasteiger partial charge in [-0.15, -0.1) is 0 Å². The van der Waals surface area contributed by atoms with Crippen molar-refractivity contribution in [2.75, 3.05) is 29.9 Å². The van der Waals surface area contributed by atoms with E-state index in [0.29, 0.717) is 36.0 Å². The summed E-state index contributed by atoms with van der Waals surface area (Å²) in [6.07, 6.45) is 1.63. The van der Waals surface area contributed by atoms with Crippen molar-refractivity contribution >= 4 is 42.4 Å². The number of anilines is 2. The Morgan fingerprint density at radius 3 is 2.52 bits per heavy atom. The molecule has 1 aromatic carbocycles. The van der Waals surface area contributed by atoms with Gasteiger partial charge in [0.1, 0.15) is 5.82 Å².